The van der Waals surface area contributed by atoms with Gasteiger partial charge < -0.3 is 14.6 Å². The largest absolute Gasteiger partial charge is 0.472 e. The fraction of sp³-hybridized carbons (Fsp3) is 0.455. The van der Waals surface area contributed by atoms with Crippen molar-refractivity contribution >= 4 is 11.8 Å². The van der Waals surface area contributed by atoms with Crippen LogP contribution in [0.2, 0.25) is 0 Å². The quantitative estimate of drug-likeness (QED) is 0.798. The number of rotatable bonds is 7. The van der Waals surface area contributed by atoms with Crippen LogP contribution in [-0.4, -0.2) is 46.8 Å². The van der Waals surface area contributed by atoms with E-state index in [2.05, 4.69) is 16.3 Å². The summed E-state index contributed by atoms with van der Waals surface area (Å²) in [6.45, 7) is 8.53. The summed E-state index contributed by atoms with van der Waals surface area (Å²) in [5.41, 5.74) is 3.28. The maximum Gasteiger partial charge on any atom is 0.237 e. The van der Waals surface area contributed by atoms with Crippen LogP contribution in [0.4, 0.5) is 0 Å². The number of nitrogens with one attached hydrogen (secondary N) is 1. The van der Waals surface area contributed by atoms with Gasteiger partial charge in [0.05, 0.1) is 25.0 Å². The minimum atomic E-state index is -0.463. The molecule has 2 heterocycles. The molecule has 28 heavy (non-hydrogen) atoms. The summed E-state index contributed by atoms with van der Waals surface area (Å²) in [6, 6.07) is 9.68. The highest BCUT2D eigenvalue weighted by molar-refractivity contribution is 5.89. The molecule has 0 aliphatic carbocycles. The van der Waals surface area contributed by atoms with Gasteiger partial charge in [-0.25, -0.2) is 0 Å². The van der Waals surface area contributed by atoms with Gasteiger partial charge in [-0.1, -0.05) is 29.8 Å². The maximum absolute atomic E-state index is 13.1. The van der Waals surface area contributed by atoms with Gasteiger partial charge >= 0.3 is 0 Å². The van der Waals surface area contributed by atoms with E-state index in [-0.39, 0.29) is 24.3 Å². The van der Waals surface area contributed by atoms with Crippen LogP contribution in [0.1, 0.15) is 37.0 Å². The van der Waals surface area contributed by atoms with Gasteiger partial charge in [-0.3, -0.25) is 14.5 Å². The first kappa shape index (κ1) is 20.1. The van der Waals surface area contributed by atoms with Crippen molar-refractivity contribution < 1.29 is 14.0 Å². The molecule has 6 heteroatoms. The average Bonchev–Trinajstić information content (AvgIpc) is 3.15. The summed E-state index contributed by atoms with van der Waals surface area (Å²) in [5, 5.41) is 2.90. The van der Waals surface area contributed by atoms with Gasteiger partial charge in [0.2, 0.25) is 11.8 Å². The van der Waals surface area contributed by atoms with E-state index in [9.17, 15) is 9.59 Å². The van der Waals surface area contributed by atoms with Gasteiger partial charge in [-0.15, -0.1) is 0 Å². The first-order chi connectivity index (χ1) is 13.4. The van der Waals surface area contributed by atoms with Crippen molar-refractivity contribution in [2.45, 2.75) is 52.4 Å². The third-order valence-corrected chi connectivity index (χ3v) is 5.15. The van der Waals surface area contributed by atoms with Crippen LogP contribution in [0.15, 0.2) is 47.3 Å². The molecule has 1 aliphatic rings. The Balaban J connectivity index is 1.71. The Kier molecular flexibility index (Phi) is 6.52. The summed E-state index contributed by atoms with van der Waals surface area (Å²) in [5.74, 6) is -0.0851. The number of aryl methyl sites for hydroxylation is 1. The van der Waals surface area contributed by atoms with E-state index in [0.717, 1.165) is 11.1 Å². The molecule has 1 saturated heterocycles. The zero-order valence-electron chi connectivity index (χ0n) is 16.9. The molecular formula is C22H29N3O3. The van der Waals surface area contributed by atoms with Crippen molar-refractivity contribution in [1.82, 2.24) is 15.1 Å². The van der Waals surface area contributed by atoms with Gasteiger partial charge in [0.25, 0.3) is 0 Å². The molecular weight excluding hydrogens is 354 g/mol. The molecule has 6 nitrogen and oxygen atoms in total. The lowest BCUT2D eigenvalue weighted by molar-refractivity contribution is -0.140. The Bertz CT molecular complexity index is 801. The van der Waals surface area contributed by atoms with E-state index in [1.54, 1.807) is 12.5 Å². The number of nitrogens with zero attached hydrogens (tertiary/aromatic N) is 2. The highest BCUT2D eigenvalue weighted by Gasteiger charge is 2.33. The van der Waals surface area contributed by atoms with Crippen LogP contribution in [0, 0.1) is 6.92 Å². The second-order valence-electron chi connectivity index (χ2n) is 7.72. The number of carbonyl (C=O) groups excluding carboxylic acids is 2. The fourth-order valence-corrected chi connectivity index (χ4v) is 3.64. The Hall–Kier alpha value is -2.60. The number of furan rings is 1. The fourth-order valence-electron chi connectivity index (χ4n) is 3.64. The van der Waals surface area contributed by atoms with Crippen molar-refractivity contribution in [3.8, 4) is 0 Å². The minimum Gasteiger partial charge on any atom is -0.472 e. The van der Waals surface area contributed by atoms with Crippen molar-refractivity contribution in [2.24, 2.45) is 0 Å². The summed E-state index contributed by atoms with van der Waals surface area (Å²) in [6.07, 6.45) is 3.49. The molecule has 1 fully saturated rings. The van der Waals surface area contributed by atoms with E-state index in [1.165, 1.54) is 5.56 Å². The second kappa shape index (κ2) is 9.06. The SMILES string of the molecule is Cc1cccc(CN(C(=O)C[C@@H]2C(=O)NCCN2Cc2ccoc2)C(C)C)c1. The van der Waals surface area contributed by atoms with Gasteiger partial charge in [-0.05, 0) is 32.4 Å². The zero-order chi connectivity index (χ0) is 20.1. The van der Waals surface area contributed by atoms with Crippen LogP contribution >= 0.6 is 0 Å². The van der Waals surface area contributed by atoms with Crippen molar-refractivity contribution in [3.63, 3.8) is 0 Å². The Morgan fingerprint density at radius 2 is 2.14 bits per heavy atom. The number of carbonyl (C=O) groups is 2. The molecule has 2 aromatic rings. The normalized spacial score (nSPS) is 17.6. The van der Waals surface area contributed by atoms with E-state index in [0.29, 0.717) is 26.2 Å². The van der Waals surface area contributed by atoms with E-state index < -0.39 is 6.04 Å². The van der Waals surface area contributed by atoms with Gasteiger partial charge in [0.15, 0.2) is 0 Å². The molecule has 1 aromatic carbocycles. The smallest absolute Gasteiger partial charge is 0.237 e. The highest BCUT2D eigenvalue weighted by Crippen LogP contribution is 2.18. The van der Waals surface area contributed by atoms with Gasteiger partial charge in [0.1, 0.15) is 0 Å². The predicted molar refractivity (Wildman–Crippen MR) is 107 cm³/mol. The molecule has 0 radical (unpaired) electrons. The molecule has 1 aliphatic heterocycles. The first-order valence-electron chi connectivity index (χ1n) is 9.82. The molecule has 1 atom stereocenters. The first-order valence-corrected chi connectivity index (χ1v) is 9.82. The van der Waals surface area contributed by atoms with Gasteiger partial charge in [-0.2, -0.15) is 0 Å². The number of benzene rings is 1. The highest BCUT2D eigenvalue weighted by atomic mass is 16.3. The Morgan fingerprint density at radius 1 is 1.32 bits per heavy atom. The molecule has 1 N–H and O–H groups in total. The topological polar surface area (TPSA) is 65.8 Å². The lowest BCUT2D eigenvalue weighted by Crippen LogP contribution is -2.56. The summed E-state index contributed by atoms with van der Waals surface area (Å²) >= 11 is 0. The minimum absolute atomic E-state index is 0.00394. The van der Waals surface area contributed by atoms with Crippen molar-refractivity contribution in [2.75, 3.05) is 13.1 Å². The average molecular weight is 383 g/mol. The van der Waals surface area contributed by atoms with Crippen molar-refractivity contribution in [3.05, 3.63) is 59.5 Å². The Morgan fingerprint density at radius 3 is 2.82 bits per heavy atom. The maximum atomic E-state index is 13.1. The lowest BCUT2D eigenvalue weighted by Gasteiger charge is -2.36. The van der Waals surface area contributed by atoms with E-state index in [1.807, 2.05) is 49.9 Å². The predicted octanol–water partition coefficient (Wildman–Crippen LogP) is 2.72. The number of amides is 2. The van der Waals surface area contributed by atoms with Crippen LogP contribution in [-0.2, 0) is 22.7 Å². The monoisotopic (exact) mass is 383 g/mol. The zero-order valence-corrected chi connectivity index (χ0v) is 16.9. The summed E-state index contributed by atoms with van der Waals surface area (Å²) < 4.78 is 5.14. The molecule has 0 spiro atoms. The molecule has 1 aromatic heterocycles. The third-order valence-electron chi connectivity index (χ3n) is 5.15. The van der Waals surface area contributed by atoms with Crippen LogP contribution in [0.25, 0.3) is 0 Å². The van der Waals surface area contributed by atoms with Crippen LogP contribution < -0.4 is 5.32 Å². The standard InChI is InChI=1S/C22H29N3O3/c1-16(2)25(14-18-6-4-5-17(3)11-18)21(26)12-20-22(27)23-8-9-24(20)13-19-7-10-28-15-19/h4-7,10-11,15-16,20H,8-9,12-14H2,1-3H3,(H,23,27)/t20-/m1/s1. The van der Waals surface area contributed by atoms with Crippen LogP contribution in [0.5, 0.6) is 0 Å². The van der Waals surface area contributed by atoms with E-state index >= 15 is 0 Å². The molecule has 0 saturated carbocycles. The number of hydrogen-bond donors (Lipinski definition) is 1. The molecule has 0 unspecified atom stereocenters. The Labute approximate surface area is 166 Å². The lowest BCUT2D eigenvalue weighted by atomic mass is 10.1. The number of piperazine rings is 1. The van der Waals surface area contributed by atoms with Crippen LogP contribution in [0.3, 0.4) is 0 Å². The van der Waals surface area contributed by atoms with Gasteiger partial charge in [0, 0.05) is 37.8 Å². The molecule has 150 valence electrons. The molecule has 3 rings (SSSR count). The molecule has 2 amide bonds. The summed E-state index contributed by atoms with van der Waals surface area (Å²) in [7, 11) is 0. The number of hydrogen-bond acceptors (Lipinski definition) is 4. The van der Waals surface area contributed by atoms with Crippen molar-refractivity contribution in [1.29, 1.82) is 0 Å². The van der Waals surface area contributed by atoms with E-state index in [4.69, 9.17) is 4.42 Å². The third kappa shape index (κ3) is 5.01. The second-order valence-corrected chi connectivity index (χ2v) is 7.72. The summed E-state index contributed by atoms with van der Waals surface area (Å²) in [4.78, 5) is 29.6. The molecule has 0 bridgehead atoms.